The van der Waals surface area contributed by atoms with E-state index in [0.29, 0.717) is 29.7 Å². The molecule has 0 bridgehead atoms. The quantitative estimate of drug-likeness (QED) is 0.601. The molecule has 2 amide bonds. The smallest absolute Gasteiger partial charge is 0.261 e. The second-order valence-electron chi connectivity index (χ2n) is 7.45. The summed E-state index contributed by atoms with van der Waals surface area (Å²) in [6.45, 7) is 6.40. The summed E-state index contributed by atoms with van der Waals surface area (Å²) >= 11 is 5.96. The first-order chi connectivity index (χ1) is 14.3. The molecule has 0 heterocycles. The van der Waals surface area contributed by atoms with Gasteiger partial charge in [0.1, 0.15) is 17.6 Å². The SMILES string of the molecule is CCC(C(=O)NCC(C)C)N(Cc1ccc(Cl)cc1)C(=O)COc1ccc(F)cc1. The first kappa shape index (κ1) is 23.7. The van der Waals surface area contributed by atoms with Crippen LogP contribution in [-0.2, 0) is 16.1 Å². The van der Waals surface area contributed by atoms with Crippen LogP contribution in [0.1, 0.15) is 32.8 Å². The largest absolute Gasteiger partial charge is 0.484 e. The number of amides is 2. The van der Waals surface area contributed by atoms with Crippen LogP contribution in [-0.4, -0.2) is 35.9 Å². The summed E-state index contributed by atoms with van der Waals surface area (Å²) in [5.41, 5.74) is 0.852. The molecule has 1 unspecified atom stereocenters. The van der Waals surface area contributed by atoms with Crippen LogP contribution in [0, 0.1) is 11.7 Å². The molecule has 0 aliphatic rings. The molecule has 0 radical (unpaired) electrons. The average Bonchev–Trinajstić information content (AvgIpc) is 2.72. The van der Waals surface area contributed by atoms with Gasteiger partial charge in [-0.1, -0.05) is 44.5 Å². The number of carbonyl (C=O) groups excluding carboxylic acids is 2. The predicted octanol–water partition coefficient (Wildman–Crippen LogP) is 4.44. The monoisotopic (exact) mass is 434 g/mol. The first-order valence-corrected chi connectivity index (χ1v) is 10.4. The van der Waals surface area contributed by atoms with Gasteiger partial charge in [0.25, 0.3) is 5.91 Å². The molecule has 30 heavy (non-hydrogen) atoms. The Bertz CT molecular complexity index is 825. The van der Waals surface area contributed by atoms with Crippen LogP contribution < -0.4 is 10.1 Å². The molecule has 2 rings (SSSR count). The Balaban J connectivity index is 2.17. The highest BCUT2D eigenvalue weighted by molar-refractivity contribution is 6.30. The van der Waals surface area contributed by atoms with Crippen molar-refractivity contribution < 1.29 is 18.7 Å². The van der Waals surface area contributed by atoms with Gasteiger partial charge in [-0.05, 0) is 54.3 Å². The average molecular weight is 435 g/mol. The van der Waals surface area contributed by atoms with Gasteiger partial charge < -0.3 is 15.0 Å². The van der Waals surface area contributed by atoms with Crippen LogP contribution >= 0.6 is 11.6 Å². The zero-order chi connectivity index (χ0) is 22.1. The van der Waals surface area contributed by atoms with E-state index in [0.717, 1.165) is 5.56 Å². The van der Waals surface area contributed by atoms with E-state index in [1.165, 1.54) is 29.2 Å². The number of benzene rings is 2. The zero-order valence-corrected chi connectivity index (χ0v) is 18.3. The second-order valence-corrected chi connectivity index (χ2v) is 7.89. The molecule has 2 aromatic rings. The maximum atomic E-state index is 13.1. The zero-order valence-electron chi connectivity index (χ0n) is 17.5. The minimum Gasteiger partial charge on any atom is -0.484 e. The van der Waals surface area contributed by atoms with Gasteiger partial charge in [0.05, 0.1) is 0 Å². The Labute approximate surface area is 182 Å². The summed E-state index contributed by atoms with van der Waals surface area (Å²) in [6, 6.07) is 11.9. The van der Waals surface area contributed by atoms with Crippen molar-refractivity contribution in [2.45, 2.75) is 39.8 Å². The highest BCUT2D eigenvalue weighted by Crippen LogP contribution is 2.17. The van der Waals surface area contributed by atoms with Gasteiger partial charge in [0, 0.05) is 18.1 Å². The molecular formula is C23H28ClFN2O3. The summed E-state index contributed by atoms with van der Waals surface area (Å²) in [4.78, 5) is 27.3. The van der Waals surface area contributed by atoms with Gasteiger partial charge in [-0.15, -0.1) is 0 Å². The molecular weight excluding hydrogens is 407 g/mol. The van der Waals surface area contributed by atoms with E-state index in [9.17, 15) is 14.0 Å². The fraction of sp³-hybridized carbons (Fsp3) is 0.391. The van der Waals surface area contributed by atoms with E-state index in [1.807, 2.05) is 32.9 Å². The molecule has 7 heteroatoms. The fourth-order valence-electron chi connectivity index (χ4n) is 2.89. The number of rotatable bonds is 10. The predicted molar refractivity (Wildman–Crippen MR) is 116 cm³/mol. The molecule has 162 valence electrons. The maximum absolute atomic E-state index is 13.1. The Kier molecular flexibility index (Phi) is 9.12. The molecule has 0 aliphatic carbocycles. The van der Waals surface area contributed by atoms with Gasteiger partial charge in [-0.3, -0.25) is 9.59 Å². The Morgan fingerprint density at radius 2 is 1.73 bits per heavy atom. The highest BCUT2D eigenvalue weighted by Gasteiger charge is 2.29. The fourth-order valence-corrected chi connectivity index (χ4v) is 3.01. The van der Waals surface area contributed by atoms with Crippen molar-refractivity contribution in [1.29, 1.82) is 0 Å². The van der Waals surface area contributed by atoms with Crippen LogP contribution in [0.25, 0.3) is 0 Å². The van der Waals surface area contributed by atoms with E-state index in [2.05, 4.69) is 5.32 Å². The molecule has 2 aromatic carbocycles. The van der Waals surface area contributed by atoms with Crippen LogP contribution in [0.4, 0.5) is 4.39 Å². The van der Waals surface area contributed by atoms with E-state index >= 15 is 0 Å². The van der Waals surface area contributed by atoms with Gasteiger partial charge in [0.15, 0.2) is 6.61 Å². The lowest BCUT2D eigenvalue weighted by Crippen LogP contribution is -2.50. The van der Waals surface area contributed by atoms with Gasteiger partial charge in [0.2, 0.25) is 5.91 Å². The number of hydrogen-bond donors (Lipinski definition) is 1. The normalized spacial score (nSPS) is 11.8. The van der Waals surface area contributed by atoms with E-state index in [1.54, 1.807) is 12.1 Å². The van der Waals surface area contributed by atoms with Crippen molar-refractivity contribution in [3.05, 3.63) is 64.9 Å². The Morgan fingerprint density at radius 3 is 2.30 bits per heavy atom. The van der Waals surface area contributed by atoms with Crippen LogP contribution in [0.15, 0.2) is 48.5 Å². The third kappa shape index (κ3) is 7.34. The molecule has 0 saturated heterocycles. The molecule has 1 N–H and O–H groups in total. The number of ether oxygens (including phenoxy) is 1. The van der Waals surface area contributed by atoms with Gasteiger partial charge in [-0.2, -0.15) is 0 Å². The van der Waals surface area contributed by atoms with Crippen molar-refractivity contribution in [2.75, 3.05) is 13.2 Å². The van der Waals surface area contributed by atoms with E-state index in [-0.39, 0.29) is 30.8 Å². The highest BCUT2D eigenvalue weighted by atomic mass is 35.5. The molecule has 0 saturated carbocycles. The van der Waals surface area contributed by atoms with Gasteiger partial charge >= 0.3 is 0 Å². The Morgan fingerprint density at radius 1 is 1.10 bits per heavy atom. The number of halogens is 2. The molecule has 1 atom stereocenters. The standard InChI is InChI=1S/C23H28ClFN2O3/c1-4-21(23(29)26-13-16(2)3)27(14-17-5-7-18(24)8-6-17)22(28)15-30-20-11-9-19(25)10-12-20/h5-12,16,21H,4,13-15H2,1-3H3,(H,26,29). The van der Waals surface area contributed by atoms with Crippen LogP contribution in [0.3, 0.4) is 0 Å². The third-order valence-corrected chi connectivity index (χ3v) is 4.76. The first-order valence-electron chi connectivity index (χ1n) is 10.00. The summed E-state index contributed by atoms with van der Waals surface area (Å²) in [5, 5.41) is 3.50. The van der Waals surface area contributed by atoms with E-state index in [4.69, 9.17) is 16.3 Å². The molecule has 0 fully saturated rings. The lowest BCUT2D eigenvalue weighted by Gasteiger charge is -2.30. The number of nitrogens with zero attached hydrogens (tertiary/aromatic N) is 1. The van der Waals surface area contributed by atoms with Crippen molar-refractivity contribution in [2.24, 2.45) is 5.92 Å². The topological polar surface area (TPSA) is 58.6 Å². The molecule has 0 aromatic heterocycles. The number of hydrogen-bond acceptors (Lipinski definition) is 3. The summed E-state index contributed by atoms with van der Waals surface area (Å²) < 4.78 is 18.6. The Hall–Kier alpha value is -2.60. The molecule has 0 spiro atoms. The summed E-state index contributed by atoms with van der Waals surface area (Å²) in [5.74, 6) is -0.232. The summed E-state index contributed by atoms with van der Waals surface area (Å²) in [6.07, 6.45) is 0.458. The van der Waals surface area contributed by atoms with Crippen LogP contribution in [0.2, 0.25) is 5.02 Å². The van der Waals surface area contributed by atoms with Crippen molar-refractivity contribution in [1.82, 2.24) is 10.2 Å². The lowest BCUT2D eigenvalue weighted by molar-refractivity contribution is -0.143. The van der Waals surface area contributed by atoms with Crippen molar-refractivity contribution >= 4 is 23.4 Å². The number of carbonyl (C=O) groups is 2. The van der Waals surface area contributed by atoms with Gasteiger partial charge in [-0.25, -0.2) is 4.39 Å². The van der Waals surface area contributed by atoms with E-state index < -0.39 is 6.04 Å². The minimum atomic E-state index is -0.635. The molecule has 0 aliphatic heterocycles. The molecule has 5 nitrogen and oxygen atoms in total. The minimum absolute atomic E-state index is 0.199. The maximum Gasteiger partial charge on any atom is 0.261 e. The number of nitrogens with one attached hydrogen (secondary N) is 1. The van der Waals surface area contributed by atoms with Crippen molar-refractivity contribution in [3.8, 4) is 5.75 Å². The van der Waals surface area contributed by atoms with Crippen molar-refractivity contribution in [3.63, 3.8) is 0 Å². The summed E-state index contributed by atoms with van der Waals surface area (Å²) in [7, 11) is 0. The third-order valence-electron chi connectivity index (χ3n) is 4.51. The van der Waals surface area contributed by atoms with Crippen LogP contribution in [0.5, 0.6) is 5.75 Å². The lowest BCUT2D eigenvalue weighted by atomic mass is 10.1. The second kappa shape index (κ2) is 11.6.